The van der Waals surface area contributed by atoms with Gasteiger partial charge in [-0.2, -0.15) is 5.10 Å². The summed E-state index contributed by atoms with van der Waals surface area (Å²) >= 11 is 13.4. The van der Waals surface area contributed by atoms with Crippen molar-refractivity contribution in [3.8, 4) is 0 Å². The Bertz CT molecular complexity index is 919. The zero-order valence-corrected chi connectivity index (χ0v) is 14.6. The van der Waals surface area contributed by atoms with E-state index >= 15 is 0 Å². The second kappa shape index (κ2) is 7.17. The summed E-state index contributed by atoms with van der Waals surface area (Å²) in [6.07, 6.45) is 1.62. The van der Waals surface area contributed by atoms with Crippen LogP contribution in [0.1, 0.15) is 11.1 Å². The fraction of sp³-hybridized carbons (Fsp3) is 0.0625. The quantitative estimate of drug-likeness (QED) is 0.533. The Hall–Kier alpha value is -2.15. The zero-order chi connectivity index (χ0) is 17.1. The van der Waals surface area contributed by atoms with Crippen LogP contribution in [0.25, 0.3) is 10.2 Å². The van der Waals surface area contributed by atoms with E-state index < -0.39 is 0 Å². The van der Waals surface area contributed by atoms with Crippen molar-refractivity contribution in [1.82, 2.24) is 10.4 Å². The van der Waals surface area contributed by atoms with Crippen molar-refractivity contribution >= 4 is 62.0 Å². The molecular formula is C16H12Cl2N4OS. The van der Waals surface area contributed by atoms with E-state index in [-0.39, 0.29) is 12.3 Å². The van der Waals surface area contributed by atoms with Gasteiger partial charge in [0.2, 0.25) is 5.91 Å². The molecule has 1 heterocycles. The highest BCUT2D eigenvalue weighted by molar-refractivity contribution is 7.22. The molecule has 0 fully saturated rings. The van der Waals surface area contributed by atoms with E-state index in [0.717, 1.165) is 15.8 Å². The van der Waals surface area contributed by atoms with Crippen molar-refractivity contribution in [3.63, 3.8) is 0 Å². The number of nitrogens with two attached hydrogens (primary N) is 1. The minimum absolute atomic E-state index is 0.196. The number of thiazole rings is 1. The topological polar surface area (TPSA) is 80.4 Å². The van der Waals surface area contributed by atoms with Gasteiger partial charge in [-0.1, -0.05) is 46.7 Å². The number of nitrogens with one attached hydrogen (secondary N) is 1. The summed E-state index contributed by atoms with van der Waals surface area (Å²) in [5.41, 5.74) is 10.4. The Morgan fingerprint density at radius 1 is 1.29 bits per heavy atom. The Balaban J connectivity index is 1.65. The van der Waals surface area contributed by atoms with Gasteiger partial charge in [-0.05, 0) is 29.8 Å². The van der Waals surface area contributed by atoms with Crippen molar-refractivity contribution in [1.29, 1.82) is 0 Å². The molecule has 3 aromatic rings. The molecule has 0 bridgehead atoms. The first-order chi connectivity index (χ1) is 11.5. The first-order valence-corrected chi connectivity index (χ1v) is 8.51. The van der Waals surface area contributed by atoms with Gasteiger partial charge in [0, 0.05) is 5.56 Å². The molecule has 0 unspecified atom stereocenters. The molecule has 0 aliphatic heterocycles. The van der Waals surface area contributed by atoms with E-state index in [1.165, 1.54) is 17.6 Å². The normalized spacial score (nSPS) is 11.2. The number of amides is 1. The monoisotopic (exact) mass is 378 g/mol. The van der Waals surface area contributed by atoms with Gasteiger partial charge in [0.05, 0.1) is 32.9 Å². The van der Waals surface area contributed by atoms with Crippen LogP contribution in [0, 0.1) is 0 Å². The summed E-state index contributed by atoms with van der Waals surface area (Å²) in [5, 5.41) is 5.34. The van der Waals surface area contributed by atoms with Gasteiger partial charge >= 0.3 is 0 Å². The summed E-state index contributed by atoms with van der Waals surface area (Å²) in [7, 11) is 0. The molecule has 122 valence electrons. The number of nitrogens with zero attached hydrogens (tertiary/aromatic N) is 2. The molecule has 1 aromatic heterocycles. The van der Waals surface area contributed by atoms with Gasteiger partial charge in [-0.25, -0.2) is 10.4 Å². The lowest BCUT2D eigenvalue weighted by atomic mass is 10.1. The fourth-order valence-corrected chi connectivity index (χ4v) is 3.42. The summed E-state index contributed by atoms with van der Waals surface area (Å²) < 4.78 is 0.948. The lowest BCUT2D eigenvalue weighted by molar-refractivity contribution is -0.120. The number of nitrogen functional groups attached to an aromatic ring is 1. The second-order valence-electron chi connectivity index (χ2n) is 4.96. The molecule has 0 saturated heterocycles. The van der Waals surface area contributed by atoms with Gasteiger partial charge < -0.3 is 5.73 Å². The van der Waals surface area contributed by atoms with Crippen LogP contribution in [0.4, 0.5) is 5.13 Å². The number of halogens is 2. The lowest BCUT2D eigenvalue weighted by Crippen LogP contribution is -2.19. The minimum atomic E-state index is -0.244. The molecule has 0 aliphatic carbocycles. The van der Waals surface area contributed by atoms with Gasteiger partial charge in [-0.15, -0.1) is 0 Å². The number of aromatic nitrogens is 1. The number of fused-ring (bicyclic) bond motifs is 1. The second-order valence-corrected chi connectivity index (χ2v) is 6.84. The average molecular weight is 379 g/mol. The minimum Gasteiger partial charge on any atom is -0.375 e. The molecule has 2 aromatic carbocycles. The van der Waals surface area contributed by atoms with E-state index in [9.17, 15) is 4.79 Å². The van der Waals surface area contributed by atoms with Crippen LogP contribution >= 0.6 is 34.5 Å². The van der Waals surface area contributed by atoms with Gasteiger partial charge in [0.1, 0.15) is 0 Å². The highest BCUT2D eigenvalue weighted by Gasteiger charge is 2.07. The molecular weight excluding hydrogens is 367 g/mol. The highest BCUT2D eigenvalue weighted by atomic mass is 35.5. The Morgan fingerprint density at radius 2 is 2.04 bits per heavy atom. The third kappa shape index (κ3) is 3.84. The number of carbonyl (C=O) groups is 1. The van der Waals surface area contributed by atoms with Crippen LogP contribution in [0.2, 0.25) is 10.0 Å². The number of hydrazone groups is 1. The smallest absolute Gasteiger partial charge is 0.244 e. The summed E-state index contributed by atoms with van der Waals surface area (Å²) in [6.45, 7) is 0. The largest absolute Gasteiger partial charge is 0.375 e. The first kappa shape index (κ1) is 16.7. The highest BCUT2D eigenvalue weighted by Crippen LogP contribution is 2.25. The maximum atomic E-state index is 12.0. The molecule has 3 rings (SSSR count). The van der Waals surface area contributed by atoms with Gasteiger partial charge in [0.15, 0.2) is 5.13 Å². The maximum Gasteiger partial charge on any atom is 0.244 e. The van der Waals surface area contributed by atoms with E-state index in [0.29, 0.717) is 20.7 Å². The molecule has 0 atom stereocenters. The summed E-state index contributed by atoms with van der Waals surface area (Å²) in [6, 6.07) is 10.7. The molecule has 0 saturated carbocycles. The van der Waals surface area contributed by atoms with Crippen LogP contribution < -0.4 is 11.2 Å². The van der Waals surface area contributed by atoms with E-state index in [4.69, 9.17) is 28.9 Å². The van der Waals surface area contributed by atoms with Crippen LogP contribution in [0.15, 0.2) is 41.5 Å². The van der Waals surface area contributed by atoms with E-state index in [1.807, 2.05) is 18.2 Å². The molecule has 8 heteroatoms. The SMILES string of the molecule is Nc1nc2ccc(CC(=O)N/N=C\c3c(Cl)cccc3Cl)cc2s1. The average Bonchev–Trinajstić information content (AvgIpc) is 2.89. The molecule has 0 spiro atoms. The maximum absolute atomic E-state index is 12.0. The Morgan fingerprint density at radius 3 is 2.79 bits per heavy atom. The third-order valence-corrected chi connectivity index (χ3v) is 4.72. The standard InChI is InChI=1S/C16H12Cl2N4OS/c17-11-2-1-3-12(18)10(11)8-20-22-15(23)7-9-4-5-13-14(6-9)24-16(19)21-13/h1-6,8H,7H2,(H2,19,21)(H,22,23)/b20-8-. The van der Waals surface area contributed by atoms with E-state index in [1.54, 1.807) is 18.2 Å². The summed E-state index contributed by atoms with van der Waals surface area (Å²) in [4.78, 5) is 16.2. The van der Waals surface area contributed by atoms with Crippen LogP contribution in [-0.2, 0) is 11.2 Å². The fourth-order valence-electron chi connectivity index (χ4n) is 2.12. The molecule has 24 heavy (non-hydrogen) atoms. The number of hydrogen-bond donors (Lipinski definition) is 2. The number of anilines is 1. The number of rotatable bonds is 4. The predicted molar refractivity (Wildman–Crippen MR) is 99.9 cm³/mol. The number of benzene rings is 2. The van der Waals surface area contributed by atoms with Crippen molar-refractivity contribution < 1.29 is 4.79 Å². The number of hydrogen-bond acceptors (Lipinski definition) is 5. The molecule has 5 nitrogen and oxygen atoms in total. The lowest BCUT2D eigenvalue weighted by Gasteiger charge is -2.02. The molecule has 0 radical (unpaired) electrons. The number of carbonyl (C=O) groups excluding carboxylic acids is 1. The zero-order valence-electron chi connectivity index (χ0n) is 12.3. The third-order valence-electron chi connectivity index (χ3n) is 3.22. The Kier molecular flexibility index (Phi) is 4.99. The summed E-state index contributed by atoms with van der Waals surface area (Å²) in [5.74, 6) is -0.244. The van der Waals surface area contributed by atoms with Crippen LogP contribution in [0.5, 0.6) is 0 Å². The predicted octanol–water partition coefficient (Wildman–Crippen LogP) is 3.88. The van der Waals surface area contributed by atoms with Crippen molar-refractivity contribution in [3.05, 3.63) is 57.6 Å². The first-order valence-electron chi connectivity index (χ1n) is 6.94. The van der Waals surface area contributed by atoms with Crippen molar-refractivity contribution in [2.24, 2.45) is 5.10 Å². The van der Waals surface area contributed by atoms with Gasteiger partial charge in [-0.3, -0.25) is 4.79 Å². The van der Waals surface area contributed by atoms with Crippen molar-refractivity contribution in [2.75, 3.05) is 5.73 Å². The van der Waals surface area contributed by atoms with E-state index in [2.05, 4.69) is 15.5 Å². The van der Waals surface area contributed by atoms with Crippen molar-refractivity contribution in [2.45, 2.75) is 6.42 Å². The molecule has 0 aliphatic rings. The van der Waals surface area contributed by atoms with Crippen LogP contribution in [-0.4, -0.2) is 17.1 Å². The molecule has 3 N–H and O–H groups in total. The van der Waals surface area contributed by atoms with Crippen LogP contribution in [0.3, 0.4) is 0 Å². The molecule has 1 amide bonds. The van der Waals surface area contributed by atoms with Gasteiger partial charge in [0.25, 0.3) is 0 Å². The Labute approximate surface area is 152 Å².